The Balaban J connectivity index is 0.000000120. The Labute approximate surface area is 54.4 Å². The fourth-order valence-electron chi connectivity index (χ4n) is 0.676. The lowest BCUT2D eigenvalue weighted by molar-refractivity contribution is 0.524. The van der Waals surface area contributed by atoms with E-state index in [1.54, 1.807) is 0 Å². The molecule has 0 fully saturated rings. The van der Waals surface area contributed by atoms with Gasteiger partial charge < -0.3 is 4.89 Å². The molecular formula is C6H5O2P. The molecule has 0 aliphatic heterocycles. The maximum atomic E-state index is 8.46. The molecule has 0 radical (unpaired) electrons. The lowest BCUT2D eigenvalue weighted by Crippen LogP contribution is -1.23. The van der Waals surface area contributed by atoms with Gasteiger partial charge in [0.2, 0.25) is 0 Å². The van der Waals surface area contributed by atoms with Crippen molar-refractivity contribution in [1.82, 2.24) is 0 Å². The van der Waals surface area contributed by atoms with Crippen LogP contribution in [0.2, 0.25) is 0 Å². The molecule has 0 saturated heterocycles. The van der Waals surface area contributed by atoms with E-state index in [2.05, 4.69) is 24.3 Å². The van der Waals surface area contributed by atoms with Crippen LogP contribution in [-0.2, 0) is 4.57 Å². The zero-order valence-corrected chi connectivity index (χ0v) is 5.51. The molecule has 46 valence electrons. The van der Waals surface area contributed by atoms with Crippen LogP contribution in [0.15, 0.2) is 24.3 Å². The van der Waals surface area contributed by atoms with E-state index in [9.17, 15) is 0 Å². The quantitative estimate of drug-likeness (QED) is 0.567. The number of rotatable bonds is 0. The molecule has 1 N–H and O–H groups in total. The van der Waals surface area contributed by atoms with Crippen molar-refractivity contribution in [3.8, 4) is 11.1 Å². The molecule has 2 aliphatic carbocycles. The Morgan fingerprint density at radius 2 is 1.78 bits per heavy atom. The van der Waals surface area contributed by atoms with Gasteiger partial charge in [0.15, 0.2) is 0 Å². The third-order valence-electron chi connectivity index (χ3n) is 1.11. The van der Waals surface area contributed by atoms with Gasteiger partial charge in [0.1, 0.15) is 0 Å². The summed E-state index contributed by atoms with van der Waals surface area (Å²) >= 11 is 0. The average Bonchev–Trinajstić information content (AvgIpc) is 2.43. The van der Waals surface area contributed by atoms with Crippen LogP contribution in [-0.4, -0.2) is 4.89 Å². The van der Waals surface area contributed by atoms with Gasteiger partial charge in [0.25, 0.3) is 0 Å². The number of fused-ring (bicyclic) bond motifs is 1. The molecule has 2 nitrogen and oxygen atoms in total. The predicted molar refractivity (Wildman–Crippen MR) is 35.3 cm³/mol. The van der Waals surface area contributed by atoms with Crippen LogP contribution >= 0.6 is 8.69 Å². The van der Waals surface area contributed by atoms with Crippen LogP contribution in [0.1, 0.15) is 0 Å². The van der Waals surface area contributed by atoms with Gasteiger partial charge in [-0.2, -0.15) is 0 Å². The van der Waals surface area contributed by atoms with E-state index >= 15 is 0 Å². The second kappa shape index (κ2) is 2.72. The van der Waals surface area contributed by atoms with Gasteiger partial charge in [-0.25, -0.2) is 4.57 Å². The summed E-state index contributed by atoms with van der Waals surface area (Å²) in [5.74, 6) is 0. The highest BCUT2D eigenvalue weighted by atomic mass is 31.1. The Kier molecular flexibility index (Phi) is 1.93. The molecule has 2 aliphatic rings. The molecule has 0 heterocycles. The molecule has 0 amide bonds. The van der Waals surface area contributed by atoms with E-state index < -0.39 is 8.69 Å². The van der Waals surface area contributed by atoms with Gasteiger partial charge in [-0.05, 0) is 17.2 Å². The molecule has 0 bridgehead atoms. The Hall–Kier alpha value is -0.720. The first kappa shape index (κ1) is 6.40. The Bertz CT molecular complexity index is 205. The minimum Gasteiger partial charge on any atom is -0.310 e. The van der Waals surface area contributed by atoms with Crippen molar-refractivity contribution in [3.63, 3.8) is 0 Å². The van der Waals surface area contributed by atoms with Crippen LogP contribution in [0.4, 0.5) is 0 Å². The summed E-state index contributed by atoms with van der Waals surface area (Å²) in [5, 5.41) is 0. The van der Waals surface area contributed by atoms with Crippen molar-refractivity contribution in [2.75, 3.05) is 0 Å². The molecule has 0 unspecified atom stereocenters. The lowest BCUT2D eigenvalue weighted by Gasteiger charge is -1.48. The number of hydrogen-bond acceptors (Lipinski definition) is 1. The summed E-state index contributed by atoms with van der Waals surface area (Å²) in [6.07, 6.45) is 0. The van der Waals surface area contributed by atoms with Crippen LogP contribution in [0, 0.1) is 0 Å². The van der Waals surface area contributed by atoms with Crippen molar-refractivity contribution >= 4 is 8.69 Å². The fraction of sp³-hybridized carbons (Fsp3) is 0. The summed E-state index contributed by atoms with van der Waals surface area (Å²) in [7, 11) is -0.833. The molecular weight excluding hydrogens is 135 g/mol. The second-order valence-electron chi connectivity index (χ2n) is 1.66. The third-order valence-corrected chi connectivity index (χ3v) is 1.11. The monoisotopic (exact) mass is 140 g/mol. The van der Waals surface area contributed by atoms with Crippen molar-refractivity contribution in [2.24, 2.45) is 0 Å². The van der Waals surface area contributed by atoms with Gasteiger partial charge >= 0.3 is 8.69 Å². The summed E-state index contributed by atoms with van der Waals surface area (Å²) in [6.45, 7) is 0. The van der Waals surface area contributed by atoms with Crippen molar-refractivity contribution in [3.05, 3.63) is 24.3 Å². The summed E-state index contributed by atoms with van der Waals surface area (Å²) in [4.78, 5) is 6.99. The van der Waals surface area contributed by atoms with Gasteiger partial charge in [-0.3, -0.25) is 0 Å². The standard InChI is InChI=1S/C6H4.HO2P/c1-2-5-4-6(5)3-1;1-3-2/h1-4H;(H,1,2). The zero-order chi connectivity index (χ0) is 6.69. The summed E-state index contributed by atoms with van der Waals surface area (Å²) < 4.78 is 8.46. The molecule has 0 aromatic carbocycles. The molecule has 0 aromatic rings. The summed E-state index contributed by atoms with van der Waals surface area (Å²) in [5.41, 5.74) is 2.85. The largest absolute Gasteiger partial charge is 0.324 e. The maximum Gasteiger partial charge on any atom is 0.324 e. The number of benzene rings is 1. The van der Waals surface area contributed by atoms with Crippen LogP contribution in [0.3, 0.4) is 0 Å². The highest BCUT2D eigenvalue weighted by Gasteiger charge is 2.06. The highest BCUT2D eigenvalue weighted by molar-refractivity contribution is 7.16. The fourth-order valence-corrected chi connectivity index (χ4v) is 0.676. The number of hydrogen-bond donors (Lipinski definition) is 1. The van der Waals surface area contributed by atoms with Crippen LogP contribution in [0.5, 0.6) is 0 Å². The molecule has 0 spiro atoms. The van der Waals surface area contributed by atoms with E-state index in [1.165, 1.54) is 11.1 Å². The van der Waals surface area contributed by atoms with Gasteiger partial charge in [-0.1, -0.05) is 18.2 Å². The molecule has 0 aromatic heterocycles. The second-order valence-corrected chi connectivity index (χ2v) is 1.83. The lowest BCUT2D eigenvalue weighted by atomic mass is 10.6. The van der Waals surface area contributed by atoms with Crippen molar-refractivity contribution < 1.29 is 9.46 Å². The van der Waals surface area contributed by atoms with Crippen molar-refractivity contribution in [2.45, 2.75) is 0 Å². The van der Waals surface area contributed by atoms with E-state index in [0.29, 0.717) is 0 Å². The van der Waals surface area contributed by atoms with E-state index in [-0.39, 0.29) is 0 Å². The predicted octanol–water partition coefficient (Wildman–Crippen LogP) is 1.85. The summed E-state index contributed by atoms with van der Waals surface area (Å²) in [6, 6.07) is 8.48. The van der Waals surface area contributed by atoms with Crippen molar-refractivity contribution in [1.29, 1.82) is 0 Å². The van der Waals surface area contributed by atoms with E-state index in [0.717, 1.165) is 0 Å². The third kappa shape index (κ3) is 1.60. The minimum atomic E-state index is -0.833. The molecule has 0 saturated carbocycles. The zero-order valence-electron chi connectivity index (χ0n) is 4.61. The highest BCUT2D eigenvalue weighted by Crippen LogP contribution is 2.32. The van der Waals surface area contributed by atoms with Crippen LogP contribution in [0.25, 0.3) is 11.1 Å². The SMILES string of the molecule is O=PO.c1cc2cc-2c1. The minimum absolute atomic E-state index is 0.833. The van der Waals surface area contributed by atoms with Gasteiger partial charge in [0.05, 0.1) is 0 Å². The Morgan fingerprint density at radius 3 is 1.89 bits per heavy atom. The maximum absolute atomic E-state index is 8.46. The molecule has 9 heavy (non-hydrogen) atoms. The average molecular weight is 140 g/mol. The first-order valence-corrected chi connectivity index (χ1v) is 3.22. The smallest absolute Gasteiger partial charge is 0.310 e. The molecule has 0 atom stereocenters. The first-order valence-electron chi connectivity index (χ1n) is 2.45. The molecule has 2 rings (SSSR count). The topological polar surface area (TPSA) is 37.3 Å². The first-order chi connectivity index (χ1) is 4.38. The molecule has 3 heteroatoms. The van der Waals surface area contributed by atoms with E-state index in [1.807, 2.05) is 0 Å². The normalized spacial score (nSPS) is 9.89. The Morgan fingerprint density at radius 1 is 1.33 bits per heavy atom. The van der Waals surface area contributed by atoms with Gasteiger partial charge in [-0.15, -0.1) is 0 Å². The van der Waals surface area contributed by atoms with E-state index in [4.69, 9.17) is 9.46 Å². The van der Waals surface area contributed by atoms with Gasteiger partial charge in [0, 0.05) is 0 Å². The van der Waals surface area contributed by atoms with Crippen LogP contribution < -0.4 is 0 Å².